The first kappa shape index (κ1) is 12.6. The fourth-order valence-electron chi connectivity index (χ4n) is 1.50. The minimum absolute atomic E-state index is 0.0604. The summed E-state index contributed by atoms with van der Waals surface area (Å²) in [6.45, 7) is 1.95. The quantitative estimate of drug-likeness (QED) is 0.772. The number of hydrogen-bond acceptors (Lipinski definition) is 4. The summed E-state index contributed by atoms with van der Waals surface area (Å²) in [7, 11) is 6.47. The van der Waals surface area contributed by atoms with Gasteiger partial charge in [0.2, 0.25) is 0 Å². The fourth-order valence-corrected chi connectivity index (χ4v) is 1.50. The largest absolute Gasteiger partial charge is 0.496 e. The molecule has 0 spiro atoms. The first-order chi connectivity index (χ1) is 7.67. The van der Waals surface area contributed by atoms with Gasteiger partial charge in [-0.25, -0.2) is 0 Å². The molecule has 0 bridgehead atoms. The molecule has 1 atom stereocenters. The molecular weight excluding hydrogens is 208 g/mol. The Hall–Kier alpha value is -1.42. The van der Waals surface area contributed by atoms with Gasteiger partial charge in [0, 0.05) is 18.7 Å². The molecule has 4 heteroatoms. The van der Waals surface area contributed by atoms with Crippen molar-refractivity contribution in [2.45, 2.75) is 13.0 Å². The van der Waals surface area contributed by atoms with Crippen LogP contribution in [-0.2, 0) is 4.74 Å². The second kappa shape index (κ2) is 5.61. The predicted octanol–water partition coefficient (Wildman–Crippen LogP) is 2.42. The minimum Gasteiger partial charge on any atom is -0.496 e. The zero-order chi connectivity index (χ0) is 12.1. The van der Waals surface area contributed by atoms with Gasteiger partial charge in [-0.05, 0) is 13.0 Å². The van der Waals surface area contributed by atoms with Gasteiger partial charge in [0.25, 0.3) is 0 Å². The molecule has 16 heavy (non-hydrogen) atoms. The summed E-state index contributed by atoms with van der Waals surface area (Å²) in [5, 5.41) is 0. The Balaban J connectivity index is 3.25. The van der Waals surface area contributed by atoms with E-state index in [9.17, 15) is 0 Å². The van der Waals surface area contributed by atoms with Crippen molar-refractivity contribution in [2.24, 2.45) is 0 Å². The molecular formula is C12H18O4. The normalized spacial score (nSPS) is 12.1. The van der Waals surface area contributed by atoms with Gasteiger partial charge >= 0.3 is 0 Å². The van der Waals surface area contributed by atoms with Gasteiger partial charge in [0.1, 0.15) is 5.75 Å². The zero-order valence-electron chi connectivity index (χ0n) is 10.4. The maximum atomic E-state index is 5.29. The Morgan fingerprint density at radius 3 is 1.75 bits per heavy atom. The van der Waals surface area contributed by atoms with E-state index in [1.807, 2.05) is 13.0 Å². The van der Waals surface area contributed by atoms with E-state index in [4.69, 9.17) is 18.9 Å². The third-order valence-corrected chi connectivity index (χ3v) is 2.53. The van der Waals surface area contributed by atoms with Crippen molar-refractivity contribution in [3.63, 3.8) is 0 Å². The van der Waals surface area contributed by atoms with Crippen LogP contribution in [0.1, 0.15) is 18.6 Å². The fraction of sp³-hybridized carbons (Fsp3) is 0.500. The summed E-state index contributed by atoms with van der Waals surface area (Å²) >= 11 is 0. The van der Waals surface area contributed by atoms with Crippen LogP contribution in [0.5, 0.6) is 17.2 Å². The lowest BCUT2D eigenvalue weighted by atomic mass is 10.1. The Labute approximate surface area is 96.1 Å². The lowest BCUT2D eigenvalue weighted by Crippen LogP contribution is -2.01. The lowest BCUT2D eigenvalue weighted by Gasteiger charge is -2.17. The van der Waals surface area contributed by atoms with E-state index in [1.54, 1.807) is 34.5 Å². The molecule has 1 rings (SSSR count). The third-order valence-electron chi connectivity index (χ3n) is 2.53. The molecule has 1 aromatic rings. The number of rotatable bonds is 5. The van der Waals surface area contributed by atoms with Crippen LogP contribution in [0.3, 0.4) is 0 Å². The van der Waals surface area contributed by atoms with Gasteiger partial charge in [-0.15, -0.1) is 0 Å². The van der Waals surface area contributed by atoms with Crippen molar-refractivity contribution >= 4 is 0 Å². The Morgan fingerprint density at radius 1 is 0.812 bits per heavy atom. The predicted molar refractivity (Wildman–Crippen MR) is 61.5 cm³/mol. The zero-order valence-corrected chi connectivity index (χ0v) is 10.4. The van der Waals surface area contributed by atoms with Crippen molar-refractivity contribution < 1.29 is 18.9 Å². The number of hydrogen-bond donors (Lipinski definition) is 0. The third kappa shape index (κ3) is 2.39. The second-order valence-corrected chi connectivity index (χ2v) is 3.33. The molecule has 1 aromatic carbocycles. The van der Waals surface area contributed by atoms with Crippen LogP contribution in [0.4, 0.5) is 0 Å². The SMILES string of the molecule is COc1cc(OC)c(C(C)OC)cc1OC. The molecule has 0 heterocycles. The summed E-state index contributed by atoms with van der Waals surface area (Å²) in [6, 6.07) is 3.66. The molecule has 4 nitrogen and oxygen atoms in total. The molecule has 90 valence electrons. The van der Waals surface area contributed by atoms with Gasteiger partial charge in [-0.3, -0.25) is 0 Å². The summed E-state index contributed by atoms with van der Waals surface area (Å²) < 4.78 is 21.0. The van der Waals surface area contributed by atoms with E-state index >= 15 is 0 Å². The molecule has 0 N–H and O–H groups in total. The smallest absolute Gasteiger partial charge is 0.164 e. The highest BCUT2D eigenvalue weighted by molar-refractivity contribution is 5.51. The molecule has 0 fully saturated rings. The van der Waals surface area contributed by atoms with E-state index in [1.165, 1.54) is 0 Å². The highest BCUT2D eigenvalue weighted by atomic mass is 16.5. The lowest BCUT2D eigenvalue weighted by molar-refractivity contribution is 0.116. The van der Waals surface area contributed by atoms with Crippen LogP contribution < -0.4 is 14.2 Å². The summed E-state index contributed by atoms with van der Waals surface area (Å²) in [6.07, 6.45) is -0.0604. The average molecular weight is 226 g/mol. The summed E-state index contributed by atoms with van der Waals surface area (Å²) in [4.78, 5) is 0. The van der Waals surface area contributed by atoms with Crippen molar-refractivity contribution in [2.75, 3.05) is 28.4 Å². The molecule has 0 aliphatic rings. The van der Waals surface area contributed by atoms with Gasteiger partial charge in [0.15, 0.2) is 11.5 Å². The van der Waals surface area contributed by atoms with Crippen molar-refractivity contribution in [1.82, 2.24) is 0 Å². The van der Waals surface area contributed by atoms with Crippen LogP contribution >= 0.6 is 0 Å². The second-order valence-electron chi connectivity index (χ2n) is 3.33. The molecule has 0 amide bonds. The highest BCUT2D eigenvalue weighted by Crippen LogP contribution is 2.38. The van der Waals surface area contributed by atoms with E-state index in [0.717, 1.165) is 11.3 Å². The molecule has 0 aromatic heterocycles. The van der Waals surface area contributed by atoms with Crippen LogP contribution in [0.25, 0.3) is 0 Å². The molecule has 0 aliphatic carbocycles. The molecule has 0 aliphatic heterocycles. The van der Waals surface area contributed by atoms with Gasteiger partial charge in [-0.2, -0.15) is 0 Å². The van der Waals surface area contributed by atoms with Crippen LogP contribution in [0.15, 0.2) is 12.1 Å². The van der Waals surface area contributed by atoms with Crippen LogP contribution in [0, 0.1) is 0 Å². The molecule has 0 saturated heterocycles. The Morgan fingerprint density at radius 2 is 1.31 bits per heavy atom. The highest BCUT2D eigenvalue weighted by Gasteiger charge is 2.16. The maximum Gasteiger partial charge on any atom is 0.164 e. The van der Waals surface area contributed by atoms with Crippen molar-refractivity contribution in [1.29, 1.82) is 0 Å². The maximum absolute atomic E-state index is 5.29. The van der Waals surface area contributed by atoms with Crippen LogP contribution in [-0.4, -0.2) is 28.4 Å². The van der Waals surface area contributed by atoms with Gasteiger partial charge in [-0.1, -0.05) is 0 Å². The first-order valence-corrected chi connectivity index (χ1v) is 5.00. The monoisotopic (exact) mass is 226 g/mol. The van der Waals surface area contributed by atoms with Gasteiger partial charge in [0.05, 0.1) is 27.4 Å². The number of ether oxygens (including phenoxy) is 4. The minimum atomic E-state index is -0.0604. The van der Waals surface area contributed by atoms with Gasteiger partial charge < -0.3 is 18.9 Å². The molecule has 0 radical (unpaired) electrons. The van der Waals surface area contributed by atoms with Crippen molar-refractivity contribution in [3.05, 3.63) is 17.7 Å². The van der Waals surface area contributed by atoms with E-state index in [2.05, 4.69) is 0 Å². The van der Waals surface area contributed by atoms with E-state index in [0.29, 0.717) is 11.5 Å². The Bertz CT molecular complexity index is 349. The summed E-state index contributed by atoms with van der Waals surface area (Å²) in [5.74, 6) is 2.04. The standard InChI is InChI=1S/C12H18O4/c1-8(13-2)9-6-11(15-4)12(16-5)7-10(9)14-3/h6-8H,1-5H3. The van der Waals surface area contributed by atoms with Crippen molar-refractivity contribution in [3.8, 4) is 17.2 Å². The topological polar surface area (TPSA) is 36.9 Å². The van der Waals surface area contributed by atoms with E-state index in [-0.39, 0.29) is 6.10 Å². The van der Waals surface area contributed by atoms with Crippen LogP contribution in [0.2, 0.25) is 0 Å². The molecule has 0 saturated carbocycles. The number of benzene rings is 1. The van der Waals surface area contributed by atoms with E-state index < -0.39 is 0 Å². The Kier molecular flexibility index (Phi) is 4.43. The summed E-state index contributed by atoms with van der Waals surface area (Å²) in [5.41, 5.74) is 0.933. The first-order valence-electron chi connectivity index (χ1n) is 5.00. The molecule has 1 unspecified atom stereocenters. The average Bonchev–Trinajstić information content (AvgIpc) is 2.35. The number of methoxy groups -OCH3 is 4.